The molecule has 0 aromatic heterocycles. The van der Waals surface area contributed by atoms with Crippen LogP contribution >= 0.6 is 23.4 Å². The van der Waals surface area contributed by atoms with E-state index in [1.54, 1.807) is 11.8 Å². The molecule has 0 spiro atoms. The Balaban J connectivity index is 2.24. The van der Waals surface area contributed by atoms with Crippen LogP contribution in [0.4, 0.5) is 0 Å². The Morgan fingerprint density at radius 3 is 2.65 bits per heavy atom. The summed E-state index contributed by atoms with van der Waals surface area (Å²) in [5.41, 5.74) is 3.14. The van der Waals surface area contributed by atoms with Crippen LogP contribution in [0.1, 0.15) is 32.4 Å². The molecule has 2 aliphatic heterocycles. The summed E-state index contributed by atoms with van der Waals surface area (Å²) >= 11 is 8.04. The highest BCUT2D eigenvalue weighted by Crippen LogP contribution is 2.47. The topological polar surface area (TPSA) is 41.9 Å². The molecule has 120 valence electrons. The van der Waals surface area contributed by atoms with Crippen LogP contribution in [-0.4, -0.2) is 23.1 Å². The third-order valence-electron chi connectivity index (χ3n) is 4.11. The van der Waals surface area contributed by atoms with Gasteiger partial charge in [-0.05, 0) is 32.4 Å². The zero-order valence-electron chi connectivity index (χ0n) is 13.4. The number of hydrogen-bond acceptors (Lipinski definition) is 5. The zero-order valence-corrected chi connectivity index (χ0v) is 15.0. The molecule has 1 aromatic carbocycles. The molecule has 23 heavy (non-hydrogen) atoms. The number of carbonyl (C=O) groups excluding carboxylic acids is 1. The first-order valence-electron chi connectivity index (χ1n) is 7.22. The molecule has 1 aromatic rings. The molecular formula is C17H17ClN2O2S. The first kappa shape index (κ1) is 16.1. The van der Waals surface area contributed by atoms with Crippen LogP contribution in [-0.2, 0) is 9.53 Å². The minimum atomic E-state index is -0.377. The van der Waals surface area contributed by atoms with Gasteiger partial charge in [-0.2, -0.15) is 0 Å². The second-order valence-electron chi connectivity index (χ2n) is 5.42. The number of thioether (sulfide) groups is 1. The molecule has 0 unspecified atom stereocenters. The third-order valence-corrected chi connectivity index (χ3v) is 5.53. The van der Waals surface area contributed by atoms with Gasteiger partial charge in [-0.25, -0.2) is 9.79 Å². The van der Waals surface area contributed by atoms with Gasteiger partial charge in [-0.3, -0.25) is 0 Å². The maximum Gasteiger partial charge on any atom is 0.338 e. The number of carbonyl (C=O) groups is 1. The van der Waals surface area contributed by atoms with Crippen molar-refractivity contribution in [3.63, 3.8) is 0 Å². The number of esters is 1. The Kier molecular flexibility index (Phi) is 4.25. The second kappa shape index (κ2) is 6.06. The number of aliphatic imine (C=N–C) groups is 1. The van der Waals surface area contributed by atoms with Gasteiger partial charge < -0.3 is 9.64 Å². The van der Waals surface area contributed by atoms with Crippen molar-refractivity contribution >= 4 is 34.5 Å². The summed E-state index contributed by atoms with van der Waals surface area (Å²) < 4.78 is 5.00. The van der Waals surface area contributed by atoms with Gasteiger partial charge in [-0.1, -0.05) is 41.6 Å². The smallest absolute Gasteiger partial charge is 0.338 e. The fraction of sp³-hybridized carbons (Fsp3) is 0.294. The Labute approximate surface area is 144 Å². The molecule has 4 nitrogen and oxygen atoms in total. The van der Waals surface area contributed by atoms with Crippen molar-refractivity contribution < 1.29 is 9.53 Å². The normalized spacial score (nSPS) is 20.7. The number of hydrogen-bond donors (Lipinski definition) is 0. The number of allylic oxidation sites excluding steroid dienone is 3. The van der Waals surface area contributed by atoms with Gasteiger partial charge in [0.05, 0.1) is 24.4 Å². The molecule has 0 bridgehead atoms. The van der Waals surface area contributed by atoms with Gasteiger partial charge in [0, 0.05) is 15.6 Å². The molecular weight excluding hydrogens is 332 g/mol. The summed E-state index contributed by atoms with van der Waals surface area (Å²) in [6.45, 7) is 5.92. The molecule has 0 fully saturated rings. The van der Waals surface area contributed by atoms with E-state index in [2.05, 4.69) is 16.8 Å². The minimum absolute atomic E-state index is 0.325. The van der Waals surface area contributed by atoms with E-state index in [0.717, 1.165) is 16.4 Å². The van der Waals surface area contributed by atoms with Gasteiger partial charge in [0.1, 0.15) is 0 Å². The number of methoxy groups -OCH3 is 1. The molecule has 2 aliphatic rings. The molecule has 0 amide bonds. The maximum absolute atomic E-state index is 12.4. The fourth-order valence-electron chi connectivity index (χ4n) is 2.85. The lowest BCUT2D eigenvalue weighted by Crippen LogP contribution is -2.36. The van der Waals surface area contributed by atoms with Crippen molar-refractivity contribution in [2.75, 3.05) is 7.11 Å². The van der Waals surface area contributed by atoms with Gasteiger partial charge in [0.15, 0.2) is 5.17 Å². The van der Waals surface area contributed by atoms with E-state index < -0.39 is 0 Å². The number of ether oxygens (including phenoxy) is 1. The summed E-state index contributed by atoms with van der Waals surface area (Å²) in [4.78, 5) is 20.2. The van der Waals surface area contributed by atoms with E-state index in [1.165, 1.54) is 12.0 Å². The molecule has 3 rings (SSSR count). The summed E-state index contributed by atoms with van der Waals surface area (Å²) in [5.74, 6) is -0.377. The van der Waals surface area contributed by atoms with Crippen molar-refractivity contribution in [1.82, 2.24) is 4.90 Å². The van der Waals surface area contributed by atoms with Crippen LogP contribution in [0.15, 0.2) is 51.1 Å². The number of halogens is 1. The largest absolute Gasteiger partial charge is 0.466 e. The highest BCUT2D eigenvalue weighted by molar-refractivity contribution is 8.17. The SMILES string of the molecule is COC(=O)C1=C(C)N=C2SC(C)=C(C)N2[C@@H]1c1ccccc1Cl. The Morgan fingerprint density at radius 1 is 1.30 bits per heavy atom. The molecule has 0 N–H and O–H groups in total. The maximum atomic E-state index is 12.4. The first-order valence-corrected chi connectivity index (χ1v) is 8.42. The highest BCUT2D eigenvalue weighted by atomic mass is 35.5. The van der Waals surface area contributed by atoms with Crippen molar-refractivity contribution in [2.45, 2.75) is 26.8 Å². The summed E-state index contributed by atoms with van der Waals surface area (Å²) in [6, 6.07) is 7.25. The standard InChI is InChI=1S/C17H17ClN2O2S/c1-9-14(16(21)22-4)15(12-7-5-6-8-13(12)18)20-10(2)11(3)23-17(20)19-9/h5-8,15H,1-4H3/t15-/m1/s1. The number of nitrogens with zero attached hydrogens (tertiary/aromatic N) is 2. The van der Waals surface area contributed by atoms with Crippen molar-refractivity contribution in [3.05, 3.63) is 56.7 Å². The van der Waals surface area contributed by atoms with Gasteiger partial charge in [0.25, 0.3) is 0 Å². The molecule has 1 atom stereocenters. The predicted molar refractivity (Wildman–Crippen MR) is 94.1 cm³/mol. The molecule has 0 saturated heterocycles. The van der Waals surface area contributed by atoms with E-state index in [-0.39, 0.29) is 12.0 Å². The number of amidine groups is 1. The van der Waals surface area contributed by atoms with E-state index in [0.29, 0.717) is 16.3 Å². The lowest BCUT2D eigenvalue weighted by atomic mass is 9.94. The average molecular weight is 349 g/mol. The third kappa shape index (κ3) is 2.58. The molecule has 0 aliphatic carbocycles. The van der Waals surface area contributed by atoms with Crippen molar-refractivity contribution in [3.8, 4) is 0 Å². The van der Waals surface area contributed by atoms with E-state index in [9.17, 15) is 4.79 Å². The van der Waals surface area contributed by atoms with E-state index >= 15 is 0 Å². The zero-order chi connectivity index (χ0) is 16.7. The predicted octanol–water partition coefficient (Wildman–Crippen LogP) is 4.50. The van der Waals surface area contributed by atoms with Crippen molar-refractivity contribution in [1.29, 1.82) is 0 Å². The van der Waals surface area contributed by atoms with Gasteiger partial charge in [0.2, 0.25) is 0 Å². The number of fused-ring (bicyclic) bond motifs is 1. The number of benzene rings is 1. The average Bonchev–Trinajstić information content (AvgIpc) is 2.80. The van der Waals surface area contributed by atoms with E-state index in [1.807, 2.05) is 38.1 Å². The van der Waals surface area contributed by atoms with Gasteiger partial charge in [-0.15, -0.1) is 0 Å². The van der Waals surface area contributed by atoms with Gasteiger partial charge >= 0.3 is 5.97 Å². The number of rotatable bonds is 2. The first-order chi connectivity index (χ1) is 11.0. The Bertz CT molecular complexity index is 783. The van der Waals surface area contributed by atoms with Crippen LogP contribution in [0, 0.1) is 0 Å². The van der Waals surface area contributed by atoms with Crippen LogP contribution < -0.4 is 0 Å². The Hall–Kier alpha value is -1.72. The van der Waals surface area contributed by atoms with Crippen LogP contribution in [0.2, 0.25) is 5.02 Å². The lowest BCUT2D eigenvalue weighted by Gasteiger charge is -2.35. The van der Waals surface area contributed by atoms with Crippen LogP contribution in [0.25, 0.3) is 0 Å². The highest BCUT2D eigenvalue weighted by Gasteiger charge is 2.41. The van der Waals surface area contributed by atoms with Crippen molar-refractivity contribution in [2.24, 2.45) is 4.99 Å². The molecule has 0 saturated carbocycles. The summed E-state index contributed by atoms with van der Waals surface area (Å²) in [6.07, 6.45) is 0. The molecule has 2 heterocycles. The van der Waals surface area contributed by atoms with E-state index in [4.69, 9.17) is 16.3 Å². The Morgan fingerprint density at radius 2 is 2.00 bits per heavy atom. The molecule has 6 heteroatoms. The minimum Gasteiger partial charge on any atom is -0.466 e. The fourth-order valence-corrected chi connectivity index (χ4v) is 4.13. The summed E-state index contributed by atoms with van der Waals surface area (Å²) in [7, 11) is 1.39. The monoisotopic (exact) mass is 348 g/mol. The summed E-state index contributed by atoms with van der Waals surface area (Å²) in [5, 5.41) is 1.49. The quantitative estimate of drug-likeness (QED) is 0.738. The second-order valence-corrected chi connectivity index (χ2v) is 7.01. The molecule has 0 radical (unpaired) electrons. The van der Waals surface area contributed by atoms with Crippen LogP contribution in [0.3, 0.4) is 0 Å². The van der Waals surface area contributed by atoms with Crippen LogP contribution in [0.5, 0.6) is 0 Å². The lowest BCUT2D eigenvalue weighted by molar-refractivity contribution is -0.136.